The van der Waals surface area contributed by atoms with Crippen LogP contribution in [0.2, 0.25) is 0 Å². The van der Waals surface area contributed by atoms with Gasteiger partial charge >= 0.3 is 0 Å². The molecule has 32 heavy (non-hydrogen) atoms. The van der Waals surface area contributed by atoms with E-state index in [0.29, 0.717) is 5.69 Å². The minimum atomic E-state index is -0.442. The first kappa shape index (κ1) is 21.5. The molecule has 0 saturated heterocycles. The molecule has 1 amide bonds. The number of hydrogen-bond donors (Lipinski definition) is 2. The van der Waals surface area contributed by atoms with Gasteiger partial charge in [0.1, 0.15) is 11.5 Å². The van der Waals surface area contributed by atoms with Crippen LogP contribution in [0.3, 0.4) is 0 Å². The summed E-state index contributed by atoms with van der Waals surface area (Å²) >= 11 is 0. The molecule has 3 aromatic rings. The first-order valence-electron chi connectivity index (χ1n) is 10.8. The molecule has 4 rings (SSSR count). The number of carbonyl (C=O) groups excluding carboxylic acids is 1. The molecule has 0 aliphatic carbocycles. The molecule has 0 saturated carbocycles. The molecule has 2 N–H and O–H groups in total. The van der Waals surface area contributed by atoms with Crippen LogP contribution in [-0.4, -0.2) is 32.1 Å². The first-order chi connectivity index (χ1) is 15.5. The highest BCUT2D eigenvalue weighted by molar-refractivity contribution is 5.92. The summed E-state index contributed by atoms with van der Waals surface area (Å²) in [4.78, 5) is 23.2. The lowest BCUT2D eigenvalue weighted by atomic mass is 10.1. The summed E-state index contributed by atoms with van der Waals surface area (Å²) < 4.78 is 2.18. The van der Waals surface area contributed by atoms with E-state index in [1.807, 2.05) is 25.1 Å². The number of carbonyl (C=O) groups is 1. The highest BCUT2D eigenvalue weighted by atomic mass is 16.6. The summed E-state index contributed by atoms with van der Waals surface area (Å²) in [5.41, 5.74) is 2.98. The van der Waals surface area contributed by atoms with Crippen LogP contribution in [0.1, 0.15) is 37.1 Å². The molecular weight excluding hydrogens is 408 g/mol. The van der Waals surface area contributed by atoms with Crippen LogP contribution >= 0.6 is 0 Å². The number of nitro groups is 1. The fourth-order valence-corrected chi connectivity index (χ4v) is 3.90. The average Bonchev–Trinajstić information content (AvgIpc) is 3.03. The second kappa shape index (κ2) is 9.59. The van der Waals surface area contributed by atoms with Gasteiger partial charge in [0.05, 0.1) is 4.92 Å². The van der Waals surface area contributed by atoms with Gasteiger partial charge in [-0.3, -0.25) is 14.9 Å². The Bertz CT molecular complexity index is 1140. The van der Waals surface area contributed by atoms with Crippen molar-refractivity contribution in [3.05, 3.63) is 64.0 Å². The number of anilines is 2. The van der Waals surface area contributed by atoms with Crippen molar-refractivity contribution in [2.45, 2.75) is 45.6 Å². The number of fused-ring (bicyclic) bond motifs is 1. The van der Waals surface area contributed by atoms with Crippen molar-refractivity contribution in [1.82, 2.24) is 14.8 Å². The second-order valence-corrected chi connectivity index (χ2v) is 7.93. The topological polar surface area (TPSA) is 115 Å². The van der Waals surface area contributed by atoms with E-state index < -0.39 is 4.92 Å². The number of aromatic nitrogens is 3. The van der Waals surface area contributed by atoms with E-state index in [1.54, 1.807) is 18.2 Å². The number of para-hydroxylation sites is 2. The molecule has 0 fully saturated rings. The summed E-state index contributed by atoms with van der Waals surface area (Å²) in [7, 11) is 0. The first-order valence-corrected chi connectivity index (χ1v) is 10.8. The molecule has 1 aliphatic rings. The van der Waals surface area contributed by atoms with Gasteiger partial charge in [-0.2, -0.15) is 0 Å². The molecule has 1 aromatic heterocycles. The molecule has 0 radical (unpaired) electrons. The maximum atomic E-state index is 12.5. The lowest BCUT2D eigenvalue weighted by molar-refractivity contribution is -0.384. The Balaban J connectivity index is 1.42. The summed E-state index contributed by atoms with van der Waals surface area (Å²) in [6, 6.07) is 12.3. The molecule has 166 valence electrons. The van der Waals surface area contributed by atoms with Gasteiger partial charge in [-0.1, -0.05) is 30.7 Å². The van der Waals surface area contributed by atoms with Gasteiger partial charge in [-0.25, -0.2) is 0 Å². The van der Waals surface area contributed by atoms with Crippen LogP contribution in [0.5, 0.6) is 0 Å². The molecule has 0 bridgehead atoms. The van der Waals surface area contributed by atoms with E-state index in [1.165, 1.54) is 12.5 Å². The van der Waals surface area contributed by atoms with E-state index in [4.69, 9.17) is 0 Å². The number of benzene rings is 2. The van der Waals surface area contributed by atoms with Gasteiger partial charge < -0.3 is 15.2 Å². The molecule has 2 aromatic carbocycles. The van der Waals surface area contributed by atoms with Crippen LogP contribution in [0, 0.1) is 17.0 Å². The predicted octanol–water partition coefficient (Wildman–Crippen LogP) is 4.33. The zero-order valence-electron chi connectivity index (χ0n) is 18.0. The van der Waals surface area contributed by atoms with Gasteiger partial charge in [0.25, 0.3) is 5.69 Å². The SMILES string of the molecule is Cc1ccc(-c2nnc3n2CCCCC3)cc1NC(=O)CCNc1ccccc1[N+](=O)[O-]. The predicted molar refractivity (Wildman–Crippen MR) is 123 cm³/mol. The Morgan fingerprint density at radius 1 is 1.12 bits per heavy atom. The van der Waals surface area contributed by atoms with Crippen molar-refractivity contribution in [3.63, 3.8) is 0 Å². The van der Waals surface area contributed by atoms with E-state index in [-0.39, 0.29) is 24.6 Å². The second-order valence-electron chi connectivity index (χ2n) is 7.93. The van der Waals surface area contributed by atoms with Crippen molar-refractivity contribution in [3.8, 4) is 11.4 Å². The Hall–Kier alpha value is -3.75. The van der Waals surface area contributed by atoms with Gasteiger partial charge in [0.2, 0.25) is 5.91 Å². The zero-order chi connectivity index (χ0) is 22.5. The Morgan fingerprint density at radius 2 is 1.97 bits per heavy atom. The summed E-state index contributed by atoms with van der Waals surface area (Å²) in [6.45, 7) is 3.13. The minimum Gasteiger partial charge on any atom is -0.379 e. The smallest absolute Gasteiger partial charge is 0.292 e. The fraction of sp³-hybridized carbons (Fsp3) is 0.348. The maximum Gasteiger partial charge on any atom is 0.292 e. The lowest BCUT2D eigenvalue weighted by Crippen LogP contribution is -2.17. The van der Waals surface area contributed by atoms with Gasteiger partial charge in [-0.15, -0.1) is 10.2 Å². The molecule has 9 nitrogen and oxygen atoms in total. The quantitative estimate of drug-likeness (QED) is 0.422. The van der Waals surface area contributed by atoms with Gasteiger partial charge in [-0.05, 0) is 37.5 Å². The van der Waals surface area contributed by atoms with Crippen molar-refractivity contribution in [1.29, 1.82) is 0 Å². The lowest BCUT2D eigenvalue weighted by Gasteiger charge is -2.12. The summed E-state index contributed by atoms with van der Waals surface area (Å²) in [6.07, 6.45) is 4.55. The third-order valence-corrected chi connectivity index (χ3v) is 5.65. The molecule has 1 aliphatic heterocycles. The van der Waals surface area contributed by atoms with Crippen LogP contribution < -0.4 is 10.6 Å². The third-order valence-electron chi connectivity index (χ3n) is 5.65. The number of rotatable bonds is 7. The Morgan fingerprint density at radius 3 is 2.81 bits per heavy atom. The summed E-state index contributed by atoms with van der Waals surface area (Å²) in [5, 5.41) is 25.8. The van der Waals surface area contributed by atoms with Gasteiger partial charge in [0.15, 0.2) is 5.82 Å². The van der Waals surface area contributed by atoms with Crippen LogP contribution in [0.15, 0.2) is 42.5 Å². The number of hydrogen-bond acceptors (Lipinski definition) is 6. The number of aryl methyl sites for hydroxylation is 2. The van der Waals surface area contributed by atoms with Crippen molar-refractivity contribution >= 4 is 23.0 Å². The number of nitro benzene ring substituents is 1. The van der Waals surface area contributed by atoms with Crippen molar-refractivity contribution in [2.24, 2.45) is 0 Å². The zero-order valence-corrected chi connectivity index (χ0v) is 18.0. The van der Waals surface area contributed by atoms with Crippen molar-refractivity contribution < 1.29 is 9.72 Å². The molecule has 0 spiro atoms. The average molecular weight is 435 g/mol. The highest BCUT2D eigenvalue weighted by Crippen LogP contribution is 2.27. The van der Waals surface area contributed by atoms with E-state index >= 15 is 0 Å². The molecular formula is C23H26N6O3. The Kier molecular flexibility index (Phi) is 6.44. The monoisotopic (exact) mass is 434 g/mol. The van der Waals surface area contributed by atoms with Crippen LogP contribution in [0.25, 0.3) is 11.4 Å². The molecule has 0 unspecified atom stereocenters. The number of nitrogens with zero attached hydrogens (tertiary/aromatic N) is 4. The minimum absolute atomic E-state index is 0.0103. The fourth-order valence-electron chi connectivity index (χ4n) is 3.90. The number of nitrogens with one attached hydrogen (secondary N) is 2. The number of amides is 1. The third kappa shape index (κ3) is 4.77. The van der Waals surface area contributed by atoms with Crippen LogP contribution in [-0.2, 0) is 17.8 Å². The molecule has 2 heterocycles. The maximum absolute atomic E-state index is 12.5. The normalized spacial score (nSPS) is 13.2. The largest absolute Gasteiger partial charge is 0.379 e. The van der Waals surface area contributed by atoms with E-state index in [2.05, 4.69) is 25.4 Å². The van der Waals surface area contributed by atoms with E-state index in [0.717, 1.165) is 54.3 Å². The highest BCUT2D eigenvalue weighted by Gasteiger charge is 2.17. The standard InChI is InChI=1S/C23H26N6O3/c1-16-10-11-17(23-27-26-21-9-3-2-6-14-28(21)23)15-19(16)25-22(30)12-13-24-18-7-4-5-8-20(18)29(31)32/h4-5,7-8,10-11,15,24H,2-3,6,9,12-14H2,1H3,(H,25,30). The van der Waals surface area contributed by atoms with E-state index in [9.17, 15) is 14.9 Å². The van der Waals surface area contributed by atoms with Crippen molar-refractivity contribution in [2.75, 3.05) is 17.2 Å². The van der Waals surface area contributed by atoms with Crippen LogP contribution in [0.4, 0.5) is 17.1 Å². The Labute approximate surface area is 186 Å². The van der Waals surface area contributed by atoms with Gasteiger partial charge in [0, 0.05) is 43.2 Å². The molecule has 9 heteroatoms. The summed E-state index contributed by atoms with van der Waals surface area (Å²) in [5.74, 6) is 1.68. The molecule has 0 atom stereocenters.